The Morgan fingerprint density at radius 1 is 1.18 bits per heavy atom. The lowest BCUT2D eigenvalue weighted by Gasteiger charge is -2.70. The van der Waals surface area contributed by atoms with Gasteiger partial charge < -0.3 is 9.84 Å². The molecular weight excluding hydrogens is 276 g/mol. The van der Waals surface area contributed by atoms with E-state index in [1.54, 1.807) is 0 Å². The molecule has 0 amide bonds. The van der Waals surface area contributed by atoms with E-state index in [1.165, 1.54) is 25.7 Å². The Bertz CT molecular complexity index is 545. The highest BCUT2D eigenvalue weighted by molar-refractivity contribution is 5.72. The molecule has 0 aliphatic heterocycles. The maximum absolute atomic E-state index is 12.6. The molecule has 6 rings (SSSR count). The fourth-order valence-corrected chi connectivity index (χ4v) is 7.82. The number of hydrogen-bond donors (Lipinski definition) is 1. The van der Waals surface area contributed by atoms with Crippen LogP contribution in [0, 0.1) is 35.0 Å². The van der Waals surface area contributed by atoms with E-state index >= 15 is 0 Å². The van der Waals surface area contributed by atoms with E-state index in [0.29, 0.717) is 23.7 Å². The molecule has 8 atom stereocenters. The summed E-state index contributed by atoms with van der Waals surface area (Å²) in [7, 11) is 0. The highest BCUT2D eigenvalue weighted by Crippen LogP contribution is 2.80. The van der Waals surface area contributed by atoms with Gasteiger partial charge in [-0.2, -0.15) is 0 Å². The maximum atomic E-state index is 12.6. The van der Waals surface area contributed by atoms with E-state index in [4.69, 9.17) is 4.74 Å². The topological polar surface area (TPSA) is 46.5 Å². The van der Waals surface area contributed by atoms with Gasteiger partial charge in [0, 0.05) is 11.3 Å². The van der Waals surface area contributed by atoms with Crippen molar-refractivity contribution >= 4 is 5.97 Å². The van der Waals surface area contributed by atoms with Crippen LogP contribution in [0.15, 0.2) is 0 Å². The van der Waals surface area contributed by atoms with Gasteiger partial charge in [0.2, 0.25) is 0 Å². The standard InChI is InChI=1S/C19H28O3/c1-3-11(2)16(20)22-19-9-13-5-15-17(19,7-13)6-12-4-14(19)10-18(15,21)8-12/h11-15,21H,3-10H2,1-2H3. The van der Waals surface area contributed by atoms with Crippen LogP contribution < -0.4 is 0 Å². The normalized spacial score (nSPS) is 58.1. The summed E-state index contributed by atoms with van der Waals surface area (Å²) in [5.74, 6) is 2.19. The smallest absolute Gasteiger partial charge is 0.309 e. The van der Waals surface area contributed by atoms with Crippen LogP contribution in [0.4, 0.5) is 0 Å². The van der Waals surface area contributed by atoms with Crippen molar-refractivity contribution in [3.63, 3.8) is 0 Å². The molecule has 22 heavy (non-hydrogen) atoms. The van der Waals surface area contributed by atoms with E-state index in [1.807, 2.05) is 6.92 Å². The average molecular weight is 304 g/mol. The Morgan fingerprint density at radius 2 is 1.91 bits per heavy atom. The minimum Gasteiger partial charge on any atom is -0.458 e. The number of ether oxygens (including phenoxy) is 1. The molecule has 6 aliphatic rings. The lowest BCUT2D eigenvalue weighted by atomic mass is 9.38. The highest BCUT2D eigenvalue weighted by Gasteiger charge is 2.81. The molecule has 6 fully saturated rings. The molecule has 0 heterocycles. The fraction of sp³-hybridized carbons (Fsp3) is 0.947. The summed E-state index contributed by atoms with van der Waals surface area (Å²) in [5, 5.41) is 11.3. The zero-order valence-electron chi connectivity index (χ0n) is 13.8. The Hall–Kier alpha value is -0.570. The molecule has 0 aromatic carbocycles. The second-order valence-corrected chi connectivity index (χ2v) is 9.35. The van der Waals surface area contributed by atoms with Crippen molar-refractivity contribution < 1.29 is 14.6 Å². The number of aliphatic hydroxyl groups is 1. The first-order valence-electron chi connectivity index (χ1n) is 9.38. The maximum Gasteiger partial charge on any atom is 0.309 e. The van der Waals surface area contributed by atoms with Crippen LogP contribution in [-0.2, 0) is 9.53 Å². The summed E-state index contributed by atoms with van der Waals surface area (Å²) in [5.41, 5.74) is -0.531. The minimum absolute atomic E-state index is 0.00336. The molecule has 0 aromatic heterocycles. The van der Waals surface area contributed by atoms with E-state index in [-0.39, 0.29) is 22.9 Å². The van der Waals surface area contributed by atoms with Crippen molar-refractivity contribution in [2.24, 2.45) is 35.0 Å². The molecule has 6 aliphatic carbocycles. The second kappa shape index (κ2) is 3.91. The molecule has 0 saturated heterocycles. The van der Waals surface area contributed by atoms with Gasteiger partial charge in [0.15, 0.2) is 0 Å². The Morgan fingerprint density at radius 3 is 2.64 bits per heavy atom. The summed E-state index contributed by atoms with van der Waals surface area (Å²) in [6.45, 7) is 4.05. The third kappa shape index (κ3) is 1.33. The molecule has 0 radical (unpaired) electrons. The summed E-state index contributed by atoms with van der Waals surface area (Å²) < 4.78 is 6.38. The monoisotopic (exact) mass is 304 g/mol. The van der Waals surface area contributed by atoms with E-state index in [0.717, 1.165) is 25.7 Å². The fourth-order valence-electron chi connectivity index (χ4n) is 7.82. The van der Waals surface area contributed by atoms with Crippen LogP contribution in [0.3, 0.4) is 0 Å². The molecular formula is C19H28O3. The van der Waals surface area contributed by atoms with Crippen LogP contribution in [0.1, 0.15) is 65.2 Å². The minimum atomic E-state index is -0.437. The third-order valence-corrected chi connectivity index (χ3v) is 8.44. The summed E-state index contributed by atoms with van der Waals surface area (Å²) in [4.78, 5) is 12.6. The zero-order valence-corrected chi connectivity index (χ0v) is 13.8. The quantitative estimate of drug-likeness (QED) is 0.814. The Labute approximate surface area is 132 Å². The number of carbonyl (C=O) groups is 1. The van der Waals surface area contributed by atoms with Gasteiger partial charge in [-0.05, 0) is 69.1 Å². The van der Waals surface area contributed by atoms with Gasteiger partial charge in [0.1, 0.15) is 5.60 Å². The van der Waals surface area contributed by atoms with Crippen molar-refractivity contribution in [3.05, 3.63) is 0 Å². The van der Waals surface area contributed by atoms with Crippen LogP contribution >= 0.6 is 0 Å². The van der Waals surface area contributed by atoms with Gasteiger partial charge in [0.25, 0.3) is 0 Å². The summed E-state index contributed by atoms with van der Waals surface area (Å²) in [6.07, 6.45) is 8.61. The predicted molar refractivity (Wildman–Crippen MR) is 81.9 cm³/mol. The van der Waals surface area contributed by atoms with Gasteiger partial charge in [-0.3, -0.25) is 4.79 Å². The molecule has 1 spiro atoms. The van der Waals surface area contributed by atoms with Crippen molar-refractivity contribution in [2.75, 3.05) is 0 Å². The first-order valence-corrected chi connectivity index (χ1v) is 9.38. The number of rotatable bonds is 3. The van der Waals surface area contributed by atoms with Crippen LogP contribution in [0.2, 0.25) is 0 Å². The van der Waals surface area contributed by atoms with Gasteiger partial charge in [0.05, 0.1) is 11.5 Å². The Kier molecular flexibility index (Phi) is 2.46. The van der Waals surface area contributed by atoms with Crippen molar-refractivity contribution in [1.82, 2.24) is 0 Å². The van der Waals surface area contributed by atoms with Crippen molar-refractivity contribution in [1.29, 1.82) is 0 Å². The summed E-state index contributed by atoms with van der Waals surface area (Å²) in [6, 6.07) is 0. The van der Waals surface area contributed by atoms with Gasteiger partial charge in [-0.1, -0.05) is 13.8 Å². The first kappa shape index (κ1) is 13.8. The molecule has 3 nitrogen and oxygen atoms in total. The number of carbonyl (C=O) groups excluding carboxylic acids is 1. The van der Waals surface area contributed by atoms with Crippen molar-refractivity contribution in [2.45, 2.75) is 76.4 Å². The average Bonchev–Trinajstić information content (AvgIpc) is 2.98. The van der Waals surface area contributed by atoms with Crippen LogP contribution in [0.5, 0.6) is 0 Å². The molecule has 8 unspecified atom stereocenters. The largest absolute Gasteiger partial charge is 0.458 e. The SMILES string of the molecule is CCC(C)C(=O)OC12CC3CC4C5(O)CC(CC1C5)CC42C3. The van der Waals surface area contributed by atoms with Crippen LogP contribution in [0.25, 0.3) is 0 Å². The zero-order chi connectivity index (χ0) is 15.3. The number of hydrogen-bond acceptors (Lipinski definition) is 3. The van der Waals surface area contributed by atoms with E-state index in [9.17, 15) is 9.90 Å². The van der Waals surface area contributed by atoms with Gasteiger partial charge in [-0.25, -0.2) is 0 Å². The molecule has 0 aromatic rings. The Balaban J connectivity index is 1.58. The summed E-state index contributed by atoms with van der Waals surface area (Å²) >= 11 is 0. The second-order valence-electron chi connectivity index (χ2n) is 9.35. The van der Waals surface area contributed by atoms with E-state index in [2.05, 4.69) is 6.92 Å². The molecule has 1 N–H and O–H groups in total. The highest BCUT2D eigenvalue weighted by atomic mass is 16.6. The van der Waals surface area contributed by atoms with Gasteiger partial charge >= 0.3 is 5.97 Å². The third-order valence-electron chi connectivity index (χ3n) is 8.44. The molecule has 5 bridgehead atoms. The van der Waals surface area contributed by atoms with Crippen molar-refractivity contribution in [3.8, 4) is 0 Å². The predicted octanol–water partition coefficient (Wildman–Crippen LogP) is 3.30. The molecule has 3 heteroatoms. The van der Waals surface area contributed by atoms with Crippen LogP contribution in [-0.4, -0.2) is 22.3 Å². The number of esters is 1. The first-order chi connectivity index (χ1) is 10.4. The van der Waals surface area contributed by atoms with Gasteiger partial charge in [-0.15, -0.1) is 0 Å². The lowest BCUT2D eigenvalue weighted by molar-refractivity contribution is -0.304. The molecule has 6 saturated carbocycles. The van der Waals surface area contributed by atoms with E-state index < -0.39 is 5.60 Å². The molecule has 122 valence electrons. The lowest BCUT2D eigenvalue weighted by Crippen LogP contribution is -2.73. The number of fused-ring (bicyclic) bond motifs is 1.